The molecule has 0 aliphatic carbocycles. The smallest absolute Gasteiger partial charge is 0.409 e. The molecule has 0 fully saturated rings. The van der Waals surface area contributed by atoms with Crippen molar-refractivity contribution in [1.82, 2.24) is 24.8 Å². The number of hydrogen-bond donors (Lipinski definition) is 3. The Kier molecular flexibility index (Phi) is 6.01. The number of H-pyrrole nitrogens is 1. The van der Waals surface area contributed by atoms with Gasteiger partial charge < -0.3 is 25.2 Å². The van der Waals surface area contributed by atoms with Gasteiger partial charge in [0.2, 0.25) is 5.95 Å². The third-order valence-electron chi connectivity index (χ3n) is 4.03. The summed E-state index contributed by atoms with van der Waals surface area (Å²) in [4.78, 5) is 32.9. The number of aromatic nitrogens is 4. The fourth-order valence-electron chi connectivity index (χ4n) is 2.63. The lowest BCUT2D eigenvalue weighted by molar-refractivity contribution is -0.392. The zero-order valence-electron chi connectivity index (χ0n) is 15.4. The van der Waals surface area contributed by atoms with Crippen LogP contribution in [0.2, 0.25) is 0 Å². The van der Waals surface area contributed by atoms with Gasteiger partial charge in [0.05, 0.1) is 11.0 Å². The number of nitrogens with one attached hydrogen (secondary N) is 3. The summed E-state index contributed by atoms with van der Waals surface area (Å²) < 4.78 is 33.5. The first kappa shape index (κ1) is 21.2. The average Bonchev–Trinajstić information content (AvgIpc) is 3.23. The number of hydrogen-bond acceptors (Lipinski definition) is 7. The standard InChI is InChI=1S/C16H16ClF2N7O4/c1-9-20-8-12(26(28)29)25(9)6-7-30-15(27)24-13(16(17,18)19)23-14-21-10-4-2-3-5-11(10)22-14/h2-5,8,13H,6-7H2,1H3,(H,24,27)(H2,21,22,23). The first-order valence-corrected chi connectivity index (χ1v) is 8.91. The van der Waals surface area contributed by atoms with E-state index in [1.807, 2.05) is 5.32 Å². The van der Waals surface area contributed by atoms with Crippen molar-refractivity contribution in [3.63, 3.8) is 0 Å². The normalized spacial score (nSPS) is 12.5. The minimum atomic E-state index is -3.88. The fraction of sp³-hybridized carbons (Fsp3) is 0.312. The number of benzene rings is 1. The molecule has 2 heterocycles. The number of aryl methyl sites for hydroxylation is 1. The van der Waals surface area contributed by atoms with E-state index in [9.17, 15) is 23.7 Å². The van der Waals surface area contributed by atoms with Gasteiger partial charge in [0.1, 0.15) is 19.3 Å². The van der Waals surface area contributed by atoms with Crippen LogP contribution >= 0.6 is 11.6 Å². The number of nitrogens with zero attached hydrogens (tertiary/aromatic N) is 4. The molecule has 1 atom stereocenters. The average molecular weight is 444 g/mol. The van der Waals surface area contributed by atoms with Crippen molar-refractivity contribution in [2.45, 2.75) is 25.0 Å². The largest absolute Gasteiger partial charge is 0.445 e. The first-order chi connectivity index (χ1) is 14.1. The Balaban J connectivity index is 1.60. The van der Waals surface area contributed by atoms with Gasteiger partial charge in [0.15, 0.2) is 12.0 Å². The van der Waals surface area contributed by atoms with Crippen molar-refractivity contribution in [1.29, 1.82) is 0 Å². The summed E-state index contributed by atoms with van der Waals surface area (Å²) in [5.41, 5.74) is 1.12. The Morgan fingerprint density at radius 2 is 2.20 bits per heavy atom. The Hall–Kier alpha value is -3.48. The summed E-state index contributed by atoms with van der Waals surface area (Å²) in [5, 5.41) is 11.3. The molecule has 0 radical (unpaired) electrons. The Morgan fingerprint density at radius 3 is 2.87 bits per heavy atom. The summed E-state index contributed by atoms with van der Waals surface area (Å²) in [5.74, 6) is 0.0159. The molecule has 3 rings (SSSR count). The number of rotatable bonds is 8. The van der Waals surface area contributed by atoms with Crippen molar-refractivity contribution < 1.29 is 23.2 Å². The van der Waals surface area contributed by atoms with Gasteiger partial charge in [0, 0.05) is 6.92 Å². The van der Waals surface area contributed by atoms with Crippen LogP contribution in [0.1, 0.15) is 5.82 Å². The SMILES string of the molecule is Cc1ncc([N+](=O)[O-])n1CCOC(=O)NC(Nc1nc2ccccc2[nH]1)C(F)(F)Cl. The van der Waals surface area contributed by atoms with Crippen LogP contribution in [0.3, 0.4) is 0 Å². The van der Waals surface area contributed by atoms with E-state index in [1.54, 1.807) is 24.3 Å². The van der Waals surface area contributed by atoms with Crippen molar-refractivity contribution in [3.8, 4) is 0 Å². The van der Waals surface area contributed by atoms with E-state index < -0.39 is 22.6 Å². The molecular weight excluding hydrogens is 428 g/mol. The molecule has 2 aromatic heterocycles. The molecule has 1 unspecified atom stereocenters. The van der Waals surface area contributed by atoms with E-state index >= 15 is 0 Å². The third kappa shape index (κ3) is 4.92. The van der Waals surface area contributed by atoms with E-state index in [2.05, 4.69) is 20.3 Å². The van der Waals surface area contributed by atoms with Crippen LogP contribution in [-0.2, 0) is 11.3 Å². The maximum absolute atomic E-state index is 13.7. The Morgan fingerprint density at radius 1 is 1.47 bits per heavy atom. The number of carbonyl (C=O) groups is 1. The number of para-hydroxylation sites is 2. The van der Waals surface area contributed by atoms with Gasteiger partial charge in [-0.15, -0.1) is 0 Å². The molecule has 0 saturated carbocycles. The zero-order valence-corrected chi connectivity index (χ0v) is 16.2. The second kappa shape index (κ2) is 8.49. The number of ether oxygens (including phenoxy) is 1. The van der Waals surface area contributed by atoms with Crippen LogP contribution < -0.4 is 10.6 Å². The zero-order chi connectivity index (χ0) is 21.9. The van der Waals surface area contributed by atoms with Crippen LogP contribution in [0, 0.1) is 17.0 Å². The fourth-order valence-corrected chi connectivity index (χ4v) is 2.73. The van der Waals surface area contributed by atoms with Gasteiger partial charge in [0.25, 0.3) is 0 Å². The number of amides is 1. The van der Waals surface area contributed by atoms with Crippen LogP contribution in [0.4, 0.5) is 25.3 Å². The van der Waals surface area contributed by atoms with E-state index in [4.69, 9.17) is 16.3 Å². The van der Waals surface area contributed by atoms with E-state index in [-0.39, 0.29) is 24.9 Å². The maximum atomic E-state index is 13.7. The van der Waals surface area contributed by atoms with Crippen LogP contribution in [0.5, 0.6) is 0 Å². The highest BCUT2D eigenvalue weighted by Gasteiger charge is 2.39. The van der Waals surface area contributed by atoms with Crippen LogP contribution in [0.15, 0.2) is 30.5 Å². The number of fused-ring (bicyclic) bond motifs is 1. The number of imidazole rings is 2. The molecule has 160 valence electrons. The van der Waals surface area contributed by atoms with E-state index in [1.165, 1.54) is 11.5 Å². The molecule has 0 aliphatic heterocycles. The van der Waals surface area contributed by atoms with Crippen molar-refractivity contribution in [3.05, 3.63) is 46.4 Å². The van der Waals surface area contributed by atoms with Crippen molar-refractivity contribution in [2.75, 3.05) is 11.9 Å². The molecule has 0 spiro atoms. The monoisotopic (exact) mass is 443 g/mol. The van der Waals surface area contributed by atoms with Gasteiger partial charge in [-0.2, -0.15) is 8.78 Å². The highest BCUT2D eigenvalue weighted by Crippen LogP contribution is 2.25. The lowest BCUT2D eigenvalue weighted by Gasteiger charge is -2.23. The molecule has 1 amide bonds. The predicted octanol–water partition coefficient (Wildman–Crippen LogP) is 2.97. The number of anilines is 1. The highest BCUT2D eigenvalue weighted by atomic mass is 35.5. The quantitative estimate of drug-likeness (QED) is 0.210. The topological polar surface area (TPSA) is 140 Å². The molecule has 1 aromatic carbocycles. The number of alkyl carbamates (subject to hydrolysis) is 1. The molecular formula is C16H16ClF2N7O4. The molecule has 3 N–H and O–H groups in total. The number of nitro groups is 1. The molecule has 3 aromatic rings. The third-order valence-corrected chi connectivity index (χ3v) is 4.25. The molecule has 0 aliphatic rings. The molecule has 30 heavy (non-hydrogen) atoms. The van der Waals surface area contributed by atoms with Gasteiger partial charge in [-0.25, -0.2) is 19.3 Å². The number of aromatic amines is 1. The number of halogens is 3. The maximum Gasteiger partial charge on any atom is 0.409 e. The van der Waals surface area contributed by atoms with Gasteiger partial charge in [-0.05, 0) is 28.7 Å². The Bertz CT molecular complexity index is 1030. The second-order valence-corrected chi connectivity index (χ2v) is 6.58. The van der Waals surface area contributed by atoms with Gasteiger partial charge >= 0.3 is 17.3 Å². The molecule has 0 bridgehead atoms. The molecule has 14 heteroatoms. The lowest BCUT2D eigenvalue weighted by Crippen LogP contribution is -2.50. The van der Waals surface area contributed by atoms with Gasteiger partial charge in [-0.3, -0.25) is 5.32 Å². The first-order valence-electron chi connectivity index (χ1n) is 8.53. The van der Waals surface area contributed by atoms with Gasteiger partial charge in [-0.1, -0.05) is 12.1 Å². The van der Waals surface area contributed by atoms with Crippen LogP contribution in [-0.4, -0.2) is 48.7 Å². The summed E-state index contributed by atoms with van der Waals surface area (Å²) in [6.45, 7) is 1.12. The van der Waals surface area contributed by atoms with Crippen molar-refractivity contribution >= 4 is 40.5 Å². The molecule has 11 nitrogen and oxygen atoms in total. The molecule has 0 saturated heterocycles. The minimum absolute atomic E-state index is 0.0357. The predicted molar refractivity (Wildman–Crippen MR) is 102 cm³/mol. The van der Waals surface area contributed by atoms with E-state index in [0.29, 0.717) is 16.9 Å². The van der Waals surface area contributed by atoms with E-state index in [0.717, 1.165) is 6.20 Å². The summed E-state index contributed by atoms with van der Waals surface area (Å²) in [7, 11) is 0. The van der Waals surface area contributed by atoms with Crippen molar-refractivity contribution in [2.24, 2.45) is 0 Å². The summed E-state index contributed by atoms with van der Waals surface area (Å²) in [6.07, 6.45) is -2.18. The Labute approximate surface area is 172 Å². The highest BCUT2D eigenvalue weighted by molar-refractivity contribution is 6.22. The summed E-state index contributed by atoms with van der Waals surface area (Å²) in [6, 6.07) is 6.83. The minimum Gasteiger partial charge on any atom is -0.445 e. The number of alkyl halides is 3. The number of carbonyl (C=O) groups excluding carboxylic acids is 1. The summed E-state index contributed by atoms with van der Waals surface area (Å²) >= 11 is 5.09. The lowest BCUT2D eigenvalue weighted by atomic mass is 10.3. The second-order valence-electron chi connectivity index (χ2n) is 6.07. The van der Waals surface area contributed by atoms with Crippen LogP contribution in [0.25, 0.3) is 11.0 Å².